The Labute approximate surface area is 111 Å². The van der Waals surface area contributed by atoms with E-state index in [-0.39, 0.29) is 11.7 Å². The highest BCUT2D eigenvalue weighted by molar-refractivity contribution is 5.92. The van der Waals surface area contributed by atoms with Crippen molar-refractivity contribution in [2.24, 2.45) is 0 Å². The first-order valence-electron chi connectivity index (χ1n) is 5.99. The van der Waals surface area contributed by atoms with Crippen LogP contribution in [0, 0.1) is 12.7 Å². The van der Waals surface area contributed by atoms with Gasteiger partial charge in [0.25, 0.3) is 5.91 Å². The summed E-state index contributed by atoms with van der Waals surface area (Å²) in [6, 6.07) is 6.40. The smallest absolute Gasteiger partial charge is 0.270 e. The quantitative estimate of drug-likeness (QED) is 0.892. The Bertz CT molecular complexity index is 604. The molecule has 0 saturated carbocycles. The zero-order valence-corrected chi connectivity index (χ0v) is 11.1. The molecule has 0 bridgehead atoms. The number of amides is 1. The van der Waals surface area contributed by atoms with E-state index >= 15 is 0 Å². The molecule has 0 saturated heterocycles. The van der Waals surface area contributed by atoms with Crippen LogP contribution in [0.3, 0.4) is 0 Å². The average Bonchev–Trinajstić information content (AvgIpc) is 2.76. The number of aromatic amines is 1. The summed E-state index contributed by atoms with van der Waals surface area (Å²) >= 11 is 0. The van der Waals surface area contributed by atoms with E-state index in [2.05, 4.69) is 15.3 Å². The summed E-state index contributed by atoms with van der Waals surface area (Å²) in [5.74, 6) is 0.0105. The van der Waals surface area contributed by atoms with Gasteiger partial charge in [0.2, 0.25) is 0 Å². The highest BCUT2D eigenvalue weighted by Crippen LogP contribution is 2.23. The molecule has 1 aromatic heterocycles. The van der Waals surface area contributed by atoms with Crippen LogP contribution in [0.2, 0.25) is 0 Å². The van der Waals surface area contributed by atoms with Gasteiger partial charge < -0.3 is 10.3 Å². The van der Waals surface area contributed by atoms with Crippen molar-refractivity contribution in [1.29, 1.82) is 0 Å². The van der Waals surface area contributed by atoms with E-state index in [9.17, 15) is 9.18 Å². The number of aromatic nitrogens is 2. The molecule has 0 aliphatic carbocycles. The molecule has 100 valence electrons. The number of hydrogen-bond donors (Lipinski definition) is 2. The summed E-state index contributed by atoms with van der Waals surface area (Å²) in [4.78, 5) is 18.9. The van der Waals surface area contributed by atoms with Crippen LogP contribution in [0.15, 0.2) is 30.5 Å². The first-order chi connectivity index (χ1) is 8.90. The maximum atomic E-state index is 13.8. The number of nitrogens with one attached hydrogen (secondary N) is 2. The maximum absolute atomic E-state index is 13.8. The molecule has 0 aliphatic rings. The number of H-pyrrole nitrogens is 1. The summed E-state index contributed by atoms with van der Waals surface area (Å²) in [5, 5.41) is 2.79. The minimum atomic E-state index is -0.804. The number of hydrogen-bond acceptors (Lipinski definition) is 2. The average molecular weight is 261 g/mol. The van der Waals surface area contributed by atoms with Crippen LogP contribution < -0.4 is 5.32 Å². The molecule has 4 nitrogen and oxygen atoms in total. The van der Waals surface area contributed by atoms with Crippen LogP contribution in [0.25, 0.3) is 0 Å². The molecule has 0 radical (unpaired) electrons. The van der Waals surface area contributed by atoms with Crippen molar-refractivity contribution in [2.45, 2.75) is 26.3 Å². The molecule has 1 aromatic carbocycles. The molecule has 1 amide bonds. The number of imidazole rings is 1. The zero-order chi connectivity index (χ0) is 14.0. The zero-order valence-electron chi connectivity index (χ0n) is 11.1. The summed E-state index contributed by atoms with van der Waals surface area (Å²) in [5.41, 5.74) is 0.00282. The van der Waals surface area contributed by atoms with Gasteiger partial charge in [-0.2, -0.15) is 0 Å². The lowest BCUT2D eigenvalue weighted by Crippen LogP contribution is -2.41. The van der Waals surface area contributed by atoms with Crippen LogP contribution in [0.4, 0.5) is 4.39 Å². The first-order valence-corrected chi connectivity index (χ1v) is 5.99. The monoisotopic (exact) mass is 261 g/mol. The van der Waals surface area contributed by atoms with Crippen molar-refractivity contribution in [2.75, 3.05) is 0 Å². The number of aryl methyl sites for hydroxylation is 1. The predicted molar refractivity (Wildman–Crippen MR) is 70.2 cm³/mol. The van der Waals surface area contributed by atoms with Gasteiger partial charge in [-0.25, -0.2) is 9.37 Å². The Morgan fingerprint density at radius 2 is 2.05 bits per heavy atom. The van der Waals surface area contributed by atoms with Gasteiger partial charge in [-0.15, -0.1) is 0 Å². The van der Waals surface area contributed by atoms with Crippen LogP contribution >= 0.6 is 0 Å². The standard InChI is InChI=1S/C14H16FN3O/c1-9-16-8-12(17-9)13(19)18-14(2,3)10-6-4-5-7-11(10)15/h4-8H,1-3H3,(H,16,17)(H,18,19). The Balaban J connectivity index is 2.22. The SMILES string of the molecule is Cc1ncc(C(=O)NC(C)(C)c2ccccc2F)[nH]1. The number of halogens is 1. The number of carbonyl (C=O) groups excluding carboxylic acids is 1. The molecule has 2 rings (SSSR count). The predicted octanol–water partition coefficient (Wildman–Crippen LogP) is 2.52. The molecule has 0 spiro atoms. The molecule has 2 aromatic rings. The lowest BCUT2D eigenvalue weighted by Gasteiger charge is -2.27. The highest BCUT2D eigenvalue weighted by Gasteiger charge is 2.26. The van der Waals surface area contributed by atoms with Crippen molar-refractivity contribution in [3.8, 4) is 0 Å². The third kappa shape index (κ3) is 2.81. The van der Waals surface area contributed by atoms with Gasteiger partial charge in [-0.1, -0.05) is 18.2 Å². The summed E-state index contributed by atoms with van der Waals surface area (Å²) in [6.45, 7) is 5.28. The molecule has 5 heteroatoms. The Morgan fingerprint density at radius 1 is 1.37 bits per heavy atom. The maximum Gasteiger partial charge on any atom is 0.270 e. The number of nitrogens with zero attached hydrogens (tertiary/aromatic N) is 1. The van der Waals surface area contributed by atoms with Crippen LogP contribution in [-0.2, 0) is 5.54 Å². The summed E-state index contributed by atoms with van der Waals surface area (Å²) < 4.78 is 13.8. The highest BCUT2D eigenvalue weighted by atomic mass is 19.1. The number of rotatable bonds is 3. The van der Waals surface area contributed by atoms with E-state index in [1.807, 2.05) is 0 Å². The second-order valence-electron chi connectivity index (χ2n) is 4.94. The van der Waals surface area contributed by atoms with Gasteiger partial charge in [0.05, 0.1) is 11.7 Å². The minimum absolute atomic E-state index is 0.311. The van der Waals surface area contributed by atoms with Crippen LogP contribution in [0.5, 0.6) is 0 Å². The topological polar surface area (TPSA) is 57.8 Å². The van der Waals surface area contributed by atoms with Crippen molar-refractivity contribution in [3.05, 3.63) is 53.4 Å². The van der Waals surface area contributed by atoms with Gasteiger partial charge in [0.15, 0.2) is 0 Å². The molecular weight excluding hydrogens is 245 g/mol. The fourth-order valence-corrected chi connectivity index (χ4v) is 1.92. The molecule has 19 heavy (non-hydrogen) atoms. The van der Waals surface area contributed by atoms with Crippen LogP contribution in [-0.4, -0.2) is 15.9 Å². The van der Waals surface area contributed by atoms with Gasteiger partial charge >= 0.3 is 0 Å². The minimum Gasteiger partial charge on any atom is -0.342 e. The van der Waals surface area contributed by atoms with E-state index in [0.29, 0.717) is 17.1 Å². The Hall–Kier alpha value is -2.17. The summed E-state index contributed by atoms with van der Waals surface area (Å²) in [6.07, 6.45) is 1.46. The van der Waals surface area contributed by atoms with E-state index in [0.717, 1.165) is 0 Å². The molecule has 0 aliphatic heterocycles. The van der Waals surface area contributed by atoms with Crippen LogP contribution in [0.1, 0.15) is 35.7 Å². The summed E-state index contributed by atoms with van der Waals surface area (Å²) in [7, 11) is 0. The second kappa shape index (κ2) is 4.84. The third-order valence-corrected chi connectivity index (χ3v) is 2.92. The Morgan fingerprint density at radius 3 is 2.63 bits per heavy atom. The number of benzene rings is 1. The lowest BCUT2D eigenvalue weighted by atomic mass is 9.93. The molecule has 1 heterocycles. The largest absolute Gasteiger partial charge is 0.342 e. The van der Waals surface area contributed by atoms with Gasteiger partial charge in [0, 0.05) is 5.56 Å². The fraction of sp³-hybridized carbons (Fsp3) is 0.286. The molecular formula is C14H16FN3O. The molecule has 0 fully saturated rings. The van der Waals surface area contributed by atoms with E-state index in [4.69, 9.17) is 0 Å². The molecule has 2 N–H and O–H groups in total. The first kappa shape index (κ1) is 13.3. The molecule has 0 unspecified atom stereocenters. The lowest BCUT2D eigenvalue weighted by molar-refractivity contribution is 0.0906. The Kier molecular flexibility index (Phi) is 3.38. The van der Waals surface area contributed by atoms with E-state index < -0.39 is 5.54 Å². The normalized spacial score (nSPS) is 11.4. The van der Waals surface area contributed by atoms with Crippen molar-refractivity contribution in [3.63, 3.8) is 0 Å². The van der Waals surface area contributed by atoms with Crippen molar-refractivity contribution < 1.29 is 9.18 Å². The van der Waals surface area contributed by atoms with Crippen molar-refractivity contribution >= 4 is 5.91 Å². The van der Waals surface area contributed by atoms with Gasteiger partial charge in [-0.05, 0) is 26.8 Å². The van der Waals surface area contributed by atoms with E-state index in [1.165, 1.54) is 12.3 Å². The van der Waals surface area contributed by atoms with Gasteiger partial charge in [-0.3, -0.25) is 4.79 Å². The fourth-order valence-electron chi connectivity index (χ4n) is 1.92. The third-order valence-electron chi connectivity index (χ3n) is 2.92. The number of carbonyl (C=O) groups is 1. The van der Waals surface area contributed by atoms with Crippen molar-refractivity contribution in [1.82, 2.24) is 15.3 Å². The van der Waals surface area contributed by atoms with Gasteiger partial charge in [0.1, 0.15) is 17.3 Å². The molecule has 0 atom stereocenters. The van der Waals surface area contributed by atoms with E-state index in [1.54, 1.807) is 39.0 Å². The second-order valence-corrected chi connectivity index (χ2v) is 4.94.